The van der Waals surface area contributed by atoms with E-state index < -0.39 is 0 Å². The zero-order chi connectivity index (χ0) is 12.3. The van der Waals surface area contributed by atoms with Crippen LogP contribution in [0.25, 0.3) is 0 Å². The number of carbonyl (C=O) groups excluding carboxylic acids is 1. The average Bonchev–Trinajstić information content (AvgIpc) is 2.78. The predicted octanol–water partition coefficient (Wildman–Crippen LogP) is 2.28. The first kappa shape index (κ1) is 12.0. The Hall–Kier alpha value is -1.51. The van der Waals surface area contributed by atoms with Gasteiger partial charge in [-0.25, -0.2) is 0 Å². The van der Waals surface area contributed by atoms with Gasteiger partial charge in [0.25, 0.3) is 0 Å². The molecule has 1 aliphatic heterocycles. The molecule has 0 aliphatic carbocycles. The summed E-state index contributed by atoms with van der Waals surface area (Å²) in [6, 6.07) is 8.07. The van der Waals surface area contributed by atoms with Gasteiger partial charge in [-0.05, 0) is 18.1 Å². The number of nitrogens with zero attached hydrogens (tertiary/aromatic N) is 1. The topological polar surface area (TPSA) is 32.3 Å². The van der Waals surface area contributed by atoms with Gasteiger partial charge < -0.3 is 10.2 Å². The molecule has 3 nitrogen and oxygen atoms in total. The molecule has 17 heavy (non-hydrogen) atoms. The number of rotatable bonds is 4. The van der Waals surface area contributed by atoms with Crippen LogP contribution < -0.4 is 5.32 Å². The summed E-state index contributed by atoms with van der Waals surface area (Å²) in [6.07, 6.45) is 3.00. The highest BCUT2D eigenvalue weighted by Gasteiger charge is 2.28. The van der Waals surface area contributed by atoms with Gasteiger partial charge in [0, 0.05) is 25.7 Å². The Morgan fingerprint density at radius 1 is 1.47 bits per heavy atom. The number of anilines is 1. The van der Waals surface area contributed by atoms with Gasteiger partial charge in [0.2, 0.25) is 5.91 Å². The van der Waals surface area contributed by atoms with E-state index in [2.05, 4.69) is 18.3 Å². The molecule has 0 radical (unpaired) electrons. The van der Waals surface area contributed by atoms with Crippen molar-refractivity contribution in [1.82, 2.24) is 4.90 Å². The summed E-state index contributed by atoms with van der Waals surface area (Å²) >= 11 is 0. The van der Waals surface area contributed by atoms with Gasteiger partial charge >= 0.3 is 0 Å². The monoisotopic (exact) mass is 232 g/mol. The molecule has 0 saturated carbocycles. The summed E-state index contributed by atoms with van der Waals surface area (Å²) in [5.74, 6) is 0.203. The zero-order valence-electron chi connectivity index (χ0n) is 10.6. The van der Waals surface area contributed by atoms with Gasteiger partial charge in [0.1, 0.15) is 6.04 Å². The molecule has 92 valence electrons. The lowest BCUT2D eigenvalue weighted by molar-refractivity contribution is -0.130. The third-order valence-electron chi connectivity index (χ3n) is 3.29. The molecule has 0 spiro atoms. The number of hydrogen-bond donors (Lipinski definition) is 1. The number of fused-ring (bicyclic) bond motifs is 1. The van der Waals surface area contributed by atoms with E-state index in [1.165, 1.54) is 5.56 Å². The highest BCUT2D eigenvalue weighted by Crippen LogP contribution is 2.25. The lowest BCUT2D eigenvalue weighted by Crippen LogP contribution is -2.40. The molecule has 1 N–H and O–H groups in total. The lowest BCUT2D eigenvalue weighted by atomic mass is 10.1. The summed E-state index contributed by atoms with van der Waals surface area (Å²) in [4.78, 5) is 14.0. The minimum absolute atomic E-state index is 0.0748. The normalized spacial score (nSPS) is 17.4. The first-order chi connectivity index (χ1) is 8.22. The molecule has 1 aliphatic rings. The fourth-order valence-corrected chi connectivity index (χ4v) is 2.22. The standard InChI is InChI=1S/C14H20N2O/c1-3-4-9-16(2)14(17)13-10-11-7-5-6-8-12(11)15-13/h5-8,13,15H,3-4,9-10H2,1-2H3. The maximum atomic E-state index is 12.2. The summed E-state index contributed by atoms with van der Waals surface area (Å²) in [5.41, 5.74) is 2.35. The lowest BCUT2D eigenvalue weighted by Gasteiger charge is -2.21. The second kappa shape index (κ2) is 5.21. The minimum atomic E-state index is -0.0748. The molecular formula is C14H20N2O. The molecule has 1 heterocycles. The van der Waals surface area contributed by atoms with E-state index in [0.717, 1.165) is 31.5 Å². The average molecular weight is 232 g/mol. The van der Waals surface area contributed by atoms with Crippen molar-refractivity contribution in [2.75, 3.05) is 18.9 Å². The molecule has 1 aromatic carbocycles. The van der Waals surface area contributed by atoms with Crippen LogP contribution in [0.15, 0.2) is 24.3 Å². The second-order valence-electron chi connectivity index (χ2n) is 4.67. The van der Waals surface area contributed by atoms with Gasteiger partial charge in [-0.1, -0.05) is 31.5 Å². The summed E-state index contributed by atoms with van der Waals surface area (Å²) in [5, 5.41) is 3.30. The van der Waals surface area contributed by atoms with E-state index in [1.54, 1.807) is 0 Å². The van der Waals surface area contributed by atoms with Crippen LogP contribution in [0.4, 0.5) is 5.69 Å². The third-order valence-corrected chi connectivity index (χ3v) is 3.29. The number of nitrogens with one attached hydrogen (secondary N) is 1. The maximum Gasteiger partial charge on any atom is 0.245 e. The fourth-order valence-electron chi connectivity index (χ4n) is 2.22. The van der Waals surface area contributed by atoms with Crippen LogP contribution in [0.1, 0.15) is 25.3 Å². The highest BCUT2D eigenvalue weighted by atomic mass is 16.2. The molecule has 1 amide bonds. The van der Waals surface area contributed by atoms with E-state index in [0.29, 0.717) is 0 Å². The van der Waals surface area contributed by atoms with Crippen molar-refractivity contribution >= 4 is 11.6 Å². The molecule has 2 rings (SSSR count). The quantitative estimate of drug-likeness (QED) is 0.863. The van der Waals surface area contributed by atoms with E-state index in [-0.39, 0.29) is 11.9 Å². The Balaban J connectivity index is 1.96. The van der Waals surface area contributed by atoms with Crippen molar-refractivity contribution in [1.29, 1.82) is 0 Å². The van der Waals surface area contributed by atoms with Crippen LogP contribution >= 0.6 is 0 Å². The van der Waals surface area contributed by atoms with Gasteiger partial charge in [-0.15, -0.1) is 0 Å². The fraction of sp³-hybridized carbons (Fsp3) is 0.500. The summed E-state index contributed by atoms with van der Waals surface area (Å²) in [6.45, 7) is 2.99. The van der Waals surface area contributed by atoms with Crippen LogP contribution in [-0.4, -0.2) is 30.4 Å². The Morgan fingerprint density at radius 2 is 2.24 bits per heavy atom. The van der Waals surface area contributed by atoms with Crippen LogP contribution in [0.2, 0.25) is 0 Å². The number of likely N-dealkylation sites (N-methyl/N-ethyl adjacent to an activating group) is 1. The van der Waals surface area contributed by atoms with Gasteiger partial charge in [-0.3, -0.25) is 4.79 Å². The van der Waals surface area contributed by atoms with Crippen LogP contribution in [0.5, 0.6) is 0 Å². The van der Waals surface area contributed by atoms with Crippen molar-refractivity contribution in [2.45, 2.75) is 32.2 Å². The molecule has 3 heteroatoms. The van der Waals surface area contributed by atoms with Crippen molar-refractivity contribution in [3.8, 4) is 0 Å². The van der Waals surface area contributed by atoms with E-state index >= 15 is 0 Å². The number of hydrogen-bond acceptors (Lipinski definition) is 2. The molecule has 1 aromatic rings. The van der Waals surface area contributed by atoms with Gasteiger partial charge in [0.05, 0.1) is 0 Å². The van der Waals surface area contributed by atoms with E-state index in [4.69, 9.17) is 0 Å². The minimum Gasteiger partial charge on any atom is -0.373 e. The van der Waals surface area contributed by atoms with E-state index in [9.17, 15) is 4.79 Å². The maximum absolute atomic E-state index is 12.2. The van der Waals surface area contributed by atoms with Crippen LogP contribution in [0.3, 0.4) is 0 Å². The Labute approximate surface area is 103 Å². The van der Waals surface area contributed by atoms with Gasteiger partial charge in [0.15, 0.2) is 0 Å². The van der Waals surface area contributed by atoms with Crippen LogP contribution in [0, 0.1) is 0 Å². The number of unbranched alkanes of at least 4 members (excludes halogenated alkanes) is 1. The number of amides is 1. The summed E-state index contributed by atoms with van der Waals surface area (Å²) < 4.78 is 0. The zero-order valence-corrected chi connectivity index (χ0v) is 10.6. The largest absolute Gasteiger partial charge is 0.373 e. The van der Waals surface area contributed by atoms with E-state index in [1.807, 2.05) is 30.1 Å². The van der Waals surface area contributed by atoms with Gasteiger partial charge in [-0.2, -0.15) is 0 Å². The predicted molar refractivity (Wildman–Crippen MR) is 70.1 cm³/mol. The molecule has 0 bridgehead atoms. The smallest absolute Gasteiger partial charge is 0.245 e. The van der Waals surface area contributed by atoms with Crippen molar-refractivity contribution in [3.63, 3.8) is 0 Å². The second-order valence-corrected chi connectivity index (χ2v) is 4.67. The summed E-state index contributed by atoms with van der Waals surface area (Å²) in [7, 11) is 1.89. The SMILES string of the molecule is CCCCN(C)C(=O)C1Cc2ccccc2N1. The first-order valence-electron chi connectivity index (χ1n) is 6.31. The molecule has 0 aromatic heterocycles. The first-order valence-corrected chi connectivity index (χ1v) is 6.31. The van der Waals surface area contributed by atoms with Crippen LogP contribution in [-0.2, 0) is 11.2 Å². The Kier molecular flexibility index (Phi) is 3.67. The number of para-hydroxylation sites is 1. The number of carbonyl (C=O) groups is 1. The third kappa shape index (κ3) is 2.60. The molecule has 0 fully saturated rings. The van der Waals surface area contributed by atoms with Crippen molar-refractivity contribution in [3.05, 3.63) is 29.8 Å². The Morgan fingerprint density at radius 3 is 2.94 bits per heavy atom. The molecule has 1 atom stereocenters. The highest BCUT2D eigenvalue weighted by molar-refractivity contribution is 5.87. The molecule has 0 saturated heterocycles. The Bertz CT molecular complexity index is 378. The number of benzene rings is 1. The van der Waals surface area contributed by atoms with Crippen molar-refractivity contribution in [2.24, 2.45) is 0 Å². The van der Waals surface area contributed by atoms with Crippen molar-refractivity contribution < 1.29 is 4.79 Å². The molecule has 1 unspecified atom stereocenters. The molecular weight excluding hydrogens is 212 g/mol.